The van der Waals surface area contributed by atoms with Gasteiger partial charge in [0.05, 0.1) is 24.7 Å². The summed E-state index contributed by atoms with van der Waals surface area (Å²) in [6.07, 6.45) is -8.06. The molecule has 4 atom stereocenters. The van der Waals surface area contributed by atoms with Crippen molar-refractivity contribution >= 4 is 29.1 Å². The van der Waals surface area contributed by atoms with E-state index < -0.39 is 59.0 Å². The maximum absolute atomic E-state index is 13.3. The first-order valence-corrected chi connectivity index (χ1v) is 13.0. The van der Waals surface area contributed by atoms with Crippen LogP contribution in [0.25, 0.3) is 0 Å². The SMILES string of the molecule is C[C@@H](CO[C@@H]1CCN([C@H]2CCN3c4ncc(C(F)(F)F)nc4N(C)C(=O)[C@@H]3C2)C1=O)Nc1cn[nH]c(=O)c1C(F)(F)F. The molecule has 0 saturated carbocycles. The highest BCUT2D eigenvalue weighted by Gasteiger charge is 2.47. The molecule has 0 aliphatic carbocycles. The molecule has 2 N–H and O–H groups in total. The molecule has 2 saturated heterocycles. The Labute approximate surface area is 234 Å². The van der Waals surface area contributed by atoms with Crippen LogP contribution in [0.15, 0.2) is 17.2 Å². The number of aromatic amines is 1. The molecule has 228 valence electrons. The van der Waals surface area contributed by atoms with Crippen molar-refractivity contribution in [3.63, 3.8) is 0 Å². The summed E-state index contributed by atoms with van der Waals surface area (Å²) in [5.74, 6) is -0.821. The van der Waals surface area contributed by atoms with Crippen molar-refractivity contribution in [3.05, 3.63) is 34.0 Å². The van der Waals surface area contributed by atoms with Crippen molar-refractivity contribution in [1.29, 1.82) is 0 Å². The molecule has 3 aliphatic heterocycles. The summed E-state index contributed by atoms with van der Waals surface area (Å²) in [4.78, 5) is 49.8. The van der Waals surface area contributed by atoms with Crippen molar-refractivity contribution in [2.45, 2.75) is 62.8 Å². The van der Waals surface area contributed by atoms with Crippen LogP contribution in [0.2, 0.25) is 0 Å². The van der Waals surface area contributed by atoms with E-state index in [0.29, 0.717) is 25.6 Å². The van der Waals surface area contributed by atoms with Gasteiger partial charge in [-0.25, -0.2) is 15.1 Å². The van der Waals surface area contributed by atoms with Crippen LogP contribution >= 0.6 is 0 Å². The third-order valence-corrected chi connectivity index (χ3v) is 7.53. The molecular weight excluding hydrogens is 578 g/mol. The van der Waals surface area contributed by atoms with Gasteiger partial charge in [0, 0.05) is 38.6 Å². The van der Waals surface area contributed by atoms with E-state index in [0.717, 1.165) is 11.1 Å². The lowest BCUT2D eigenvalue weighted by Gasteiger charge is -2.46. The van der Waals surface area contributed by atoms with Gasteiger partial charge in [0.15, 0.2) is 17.3 Å². The van der Waals surface area contributed by atoms with E-state index in [2.05, 4.69) is 20.4 Å². The molecule has 12 nitrogen and oxygen atoms in total. The summed E-state index contributed by atoms with van der Waals surface area (Å²) in [5, 5.41) is 7.71. The quantitative estimate of drug-likeness (QED) is 0.475. The van der Waals surface area contributed by atoms with Crippen LogP contribution < -0.4 is 20.7 Å². The molecule has 0 aromatic carbocycles. The third-order valence-electron chi connectivity index (χ3n) is 7.53. The Morgan fingerprint density at radius 2 is 1.74 bits per heavy atom. The number of halogens is 6. The summed E-state index contributed by atoms with van der Waals surface area (Å²) < 4.78 is 85.1. The van der Waals surface area contributed by atoms with E-state index in [1.807, 2.05) is 0 Å². The summed E-state index contributed by atoms with van der Waals surface area (Å²) in [6, 6.07) is -1.82. The van der Waals surface area contributed by atoms with Gasteiger partial charge in [-0.2, -0.15) is 31.4 Å². The van der Waals surface area contributed by atoms with E-state index in [1.54, 1.807) is 14.9 Å². The van der Waals surface area contributed by atoms with Crippen LogP contribution in [0.4, 0.5) is 43.7 Å². The highest BCUT2D eigenvalue weighted by Crippen LogP contribution is 2.39. The summed E-state index contributed by atoms with van der Waals surface area (Å²) in [7, 11) is 1.33. The molecule has 5 heterocycles. The van der Waals surface area contributed by atoms with Crippen LogP contribution in [0.3, 0.4) is 0 Å². The Kier molecular flexibility index (Phi) is 7.53. The van der Waals surface area contributed by atoms with Crippen molar-refractivity contribution in [3.8, 4) is 0 Å². The fourth-order valence-corrected chi connectivity index (χ4v) is 5.53. The Morgan fingerprint density at radius 1 is 1.02 bits per heavy atom. The molecule has 0 unspecified atom stereocenters. The molecule has 42 heavy (non-hydrogen) atoms. The molecule has 2 aromatic heterocycles. The van der Waals surface area contributed by atoms with Gasteiger partial charge < -0.3 is 19.9 Å². The number of nitrogens with zero attached hydrogens (tertiary/aromatic N) is 6. The third kappa shape index (κ3) is 5.46. The molecule has 18 heteroatoms. The Balaban J connectivity index is 1.21. The first kappa shape index (κ1) is 29.5. The van der Waals surface area contributed by atoms with Gasteiger partial charge in [0.2, 0.25) is 0 Å². The molecule has 5 rings (SSSR count). The van der Waals surface area contributed by atoms with Gasteiger partial charge in [0.1, 0.15) is 17.7 Å². The number of alkyl halides is 6. The van der Waals surface area contributed by atoms with Crippen molar-refractivity contribution in [2.24, 2.45) is 0 Å². The number of hydrogen-bond donors (Lipinski definition) is 2. The van der Waals surface area contributed by atoms with Crippen LogP contribution in [-0.2, 0) is 26.7 Å². The number of likely N-dealkylation sites (tertiary alicyclic amines) is 1. The van der Waals surface area contributed by atoms with Crippen molar-refractivity contribution in [1.82, 2.24) is 25.1 Å². The molecule has 0 bridgehead atoms. The fourth-order valence-electron chi connectivity index (χ4n) is 5.53. The lowest BCUT2D eigenvalue weighted by molar-refractivity contribution is -0.141. The van der Waals surface area contributed by atoms with Gasteiger partial charge in [-0.15, -0.1) is 0 Å². The van der Waals surface area contributed by atoms with E-state index in [9.17, 15) is 40.7 Å². The van der Waals surface area contributed by atoms with Crippen LogP contribution in [0.5, 0.6) is 0 Å². The lowest BCUT2D eigenvalue weighted by atomic mass is 9.93. The molecule has 2 fully saturated rings. The number of H-pyrrole nitrogens is 1. The standard InChI is InChI=1S/C24H26F6N8O4/c1-11(33-13-8-32-35-20(39)17(13)24(28,29)30)10-42-15-4-6-37(22(15)41)12-3-5-38-14(7-12)21(40)36(2)19-18(38)31-9-16(34-19)23(25,26)27/h8-9,11-12,14-15H,3-7,10H2,1-2H3,(H2,33,35,39)/t11-,12-,14-,15+/m0/s1. The Hall–Kier alpha value is -3.96. The fraction of sp³-hybridized carbons (Fsp3) is 0.583. The van der Waals surface area contributed by atoms with Crippen molar-refractivity contribution in [2.75, 3.05) is 41.9 Å². The van der Waals surface area contributed by atoms with Gasteiger partial charge >= 0.3 is 12.4 Å². The predicted octanol–water partition coefficient (Wildman–Crippen LogP) is 2.03. The number of piperidine rings is 1. The minimum Gasteiger partial charge on any atom is -0.378 e. The van der Waals surface area contributed by atoms with Gasteiger partial charge in [-0.1, -0.05) is 0 Å². The first-order valence-electron chi connectivity index (χ1n) is 13.0. The minimum absolute atomic E-state index is 0.145. The predicted molar refractivity (Wildman–Crippen MR) is 134 cm³/mol. The number of likely N-dealkylation sites (N-methyl/N-ethyl adjacent to an activating group) is 1. The lowest BCUT2D eigenvalue weighted by Crippen LogP contribution is -2.59. The zero-order valence-corrected chi connectivity index (χ0v) is 22.3. The number of nitrogens with one attached hydrogen (secondary N) is 2. The Bertz CT molecular complexity index is 1430. The average molecular weight is 605 g/mol. The van der Waals surface area contributed by atoms with E-state index in [4.69, 9.17) is 4.74 Å². The topological polar surface area (TPSA) is 137 Å². The van der Waals surface area contributed by atoms with Gasteiger partial charge in [-0.05, 0) is 19.8 Å². The van der Waals surface area contributed by atoms with Gasteiger partial charge in [0.25, 0.3) is 17.4 Å². The number of carbonyl (C=O) groups excluding carboxylic acids is 2. The number of aromatic nitrogens is 4. The smallest absolute Gasteiger partial charge is 0.378 e. The molecule has 3 aliphatic rings. The zero-order valence-electron chi connectivity index (χ0n) is 22.3. The number of amides is 2. The normalized spacial score (nSPS) is 23.6. The van der Waals surface area contributed by atoms with E-state index in [1.165, 1.54) is 14.0 Å². The van der Waals surface area contributed by atoms with E-state index in [-0.39, 0.29) is 43.2 Å². The number of fused-ring (bicyclic) bond motifs is 3. The molecular formula is C24H26F6N8O4. The Morgan fingerprint density at radius 3 is 2.43 bits per heavy atom. The van der Waals surface area contributed by atoms with Crippen LogP contribution in [0.1, 0.15) is 37.4 Å². The summed E-state index contributed by atoms with van der Waals surface area (Å²) in [6.45, 7) is 1.96. The maximum Gasteiger partial charge on any atom is 0.434 e. The minimum atomic E-state index is -4.91. The first-order chi connectivity index (χ1) is 19.7. The number of hydrogen-bond acceptors (Lipinski definition) is 9. The number of ether oxygens (including phenoxy) is 1. The van der Waals surface area contributed by atoms with Crippen LogP contribution in [-0.4, -0.2) is 87.9 Å². The largest absolute Gasteiger partial charge is 0.434 e. The van der Waals surface area contributed by atoms with Crippen LogP contribution in [0, 0.1) is 0 Å². The number of anilines is 3. The van der Waals surface area contributed by atoms with Gasteiger partial charge in [-0.3, -0.25) is 19.3 Å². The number of carbonyl (C=O) groups is 2. The molecule has 0 radical (unpaired) electrons. The second-order valence-corrected chi connectivity index (χ2v) is 10.4. The highest BCUT2D eigenvalue weighted by molar-refractivity contribution is 6.03. The van der Waals surface area contributed by atoms with Crippen molar-refractivity contribution < 1.29 is 40.7 Å². The maximum atomic E-state index is 13.3. The second-order valence-electron chi connectivity index (χ2n) is 10.4. The summed E-state index contributed by atoms with van der Waals surface area (Å²) >= 11 is 0. The zero-order chi connectivity index (χ0) is 30.6. The van der Waals surface area contributed by atoms with E-state index >= 15 is 0 Å². The molecule has 0 spiro atoms. The second kappa shape index (κ2) is 10.7. The average Bonchev–Trinajstić information content (AvgIpc) is 3.28. The summed E-state index contributed by atoms with van der Waals surface area (Å²) in [5.41, 5.74) is -4.53. The molecule has 2 aromatic rings. The highest BCUT2D eigenvalue weighted by atomic mass is 19.4. The number of rotatable bonds is 6. The molecule has 2 amide bonds. The monoisotopic (exact) mass is 604 g/mol.